The van der Waals surface area contributed by atoms with Crippen molar-refractivity contribution in [3.8, 4) is 0 Å². The summed E-state index contributed by atoms with van der Waals surface area (Å²) in [6, 6.07) is 6.53. The van der Waals surface area contributed by atoms with Crippen LogP contribution >= 0.6 is 12.4 Å². The number of piperidine rings is 1. The largest absolute Gasteiger partial charge is 0.352 e. The summed E-state index contributed by atoms with van der Waals surface area (Å²) in [7, 11) is 0. The summed E-state index contributed by atoms with van der Waals surface area (Å²) in [5, 5.41) is 0. The van der Waals surface area contributed by atoms with Crippen LogP contribution in [0.5, 0.6) is 0 Å². The third-order valence-electron chi connectivity index (χ3n) is 2.84. The average molecular weight is 228 g/mol. The minimum atomic E-state index is 0. The van der Waals surface area contributed by atoms with Crippen molar-refractivity contribution < 1.29 is 0 Å². The SMILES string of the molecule is Cl.NCC1CCCCN1c1ccccn1. The Balaban J connectivity index is 0.00000112. The highest BCUT2D eigenvalue weighted by molar-refractivity contribution is 5.85. The predicted octanol–water partition coefficient (Wildman–Crippen LogP) is 1.82. The van der Waals surface area contributed by atoms with Crippen LogP contribution < -0.4 is 10.6 Å². The van der Waals surface area contributed by atoms with E-state index in [0.29, 0.717) is 6.04 Å². The first-order chi connectivity index (χ1) is 6.92. The maximum atomic E-state index is 5.76. The van der Waals surface area contributed by atoms with Gasteiger partial charge in [-0.05, 0) is 31.4 Å². The van der Waals surface area contributed by atoms with Crippen LogP contribution in [-0.2, 0) is 0 Å². The van der Waals surface area contributed by atoms with Crippen molar-refractivity contribution in [1.82, 2.24) is 4.98 Å². The lowest BCUT2D eigenvalue weighted by Crippen LogP contribution is -2.44. The molecule has 0 spiro atoms. The van der Waals surface area contributed by atoms with E-state index in [1.807, 2.05) is 18.3 Å². The Morgan fingerprint density at radius 3 is 2.93 bits per heavy atom. The zero-order valence-electron chi connectivity index (χ0n) is 8.80. The zero-order valence-corrected chi connectivity index (χ0v) is 9.62. The molecule has 0 saturated carbocycles. The van der Waals surface area contributed by atoms with Crippen LogP contribution in [0.15, 0.2) is 24.4 Å². The second kappa shape index (κ2) is 5.93. The molecule has 1 aliphatic heterocycles. The minimum absolute atomic E-state index is 0. The molecule has 0 aromatic carbocycles. The van der Waals surface area contributed by atoms with E-state index in [1.54, 1.807) is 0 Å². The number of aromatic nitrogens is 1. The van der Waals surface area contributed by atoms with Gasteiger partial charge in [0.05, 0.1) is 0 Å². The van der Waals surface area contributed by atoms with Gasteiger partial charge in [-0.3, -0.25) is 0 Å². The first kappa shape index (κ1) is 12.3. The molecule has 1 aliphatic rings. The maximum Gasteiger partial charge on any atom is 0.128 e. The number of hydrogen-bond donors (Lipinski definition) is 1. The second-order valence-corrected chi connectivity index (χ2v) is 3.77. The Bertz CT molecular complexity index is 278. The molecular formula is C11H18ClN3. The summed E-state index contributed by atoms with van der Waals surface area (Å²) >= 11 is 0. The monoisotopic (exact) mass is 227 g/mol. The number of nitrogens with two attached hydrogens (primary N) is 1. The van der Waals surface area contributed by atoms with E-state index >= 15 is 0 Å². The lowest BCUT2D eigenvalue weighted by molar-refractivity contribution is 0.462. The quantitative estimate of drug-likeness (QED) is 0.838. The summed E-state index contributed by atoms with van der Waals surface area (Å²) in [5.41, 5.74) is 5.76. The number of anilines is 1. The molecule has 0 radical (unpaired) electrons. The van der Waals surface area contributed by atoms with E-state index in [9.17, 15) is 0 Å². The van der Waals surface area contributed by atoms with Crippen molar-refractivity contribution >= 4 is 18.2 Å². The molecule has 1 aromatic heterocycles. The Hall–Kier alpha value is -0.800. The van der Waals surface area contributed by atoms with E-state index in [4.69, 9.17) is 5.73 Å². The molecule has 3 nitrogen and oxygen atoms in total. The van der Waals surface area contributed by atoms with Crippen molar-refractivity contribution in [2.75, 3.05) is 18.0 Å². The van der Waals surface area contributed by atoms with Gasteiger partial charge in [0.15, 0.2) is 0 Å². The molecule has 0 aliphatic carbocycles. The van der Waals surface area contributed by atoms with E-state index in [0.717, 1.165) is 18.9 Å². The molecular weight excluding hydrogens is 210 g/mol. The van der Waals surface area contributed by atoms with E-state index in [1.165, 1.54) is 19.3 Å². The number of halogens is 1. The van der Waals surface area contributed by atoms with Crippen molar-refractivity contribution in [2.45, 2.75) is 25.3 Å². The van der Waals surface area contributed by atoms with Crippen molar-refractivity contribution in [1.29, 1.82) is 0 Å². The van der Waals surface area contributed by atoms with Crippen LogP contribution in [0.25, 0.3) is 0 Å². The van der Waals surface area contributed by atoms with Gasteiger partial charge < -0.3 is 10.6 Å². The van der Waals surface area contributed by atoms with E-state index in [-0.39, 0.29) is 12.4 Å². The summed E-state index contributed by atoms with van der Waals surface area (Å²) in [4.78, 5) is 6.71. The molecule has 1 atom stereocenters. The van der Waals surface area contributed by atoms with Crippen LogP contribution in [0.2, 0.25) is 0 Å². The van der Waals surface area contributed by atoms with Gasteiger partial charge in [-0.2, -0.15) is 0 Å². The van der Waals surface area contributed by atoms with Crippen LogP contribution in [0.1, 0.15) is 19.3 Å². The number of pyridine rings is 1. The molecule has 0 amide bonds. The van der Waals surface area contributed by atoms with Crippen molar-refractivity contribution in [2.24, 2.45) is 5.73 Å². The van der Waals surface area contributed by atoms with Crippen LogP contribution in [0.3, 0.4) is 0 Å². The molecule has 0 bridgehead atoms. The molecule has 4 heteroatoms. The highest BCUT2D eigenvalue weighted by atomic mass is 35.5. The Morgan fingerprint density at radius 1 is 1.40 bits per heavy atom. The lowest BCUT2D eigenvalue weighted by Gasteiger charge is -2.35. The first-order valence-corrected chi connectivity index (χ1v) is 5.29. The maximum absolute atomic E-state index is 5.76. The second-order valence-electron chi connectivity index (χ2n) is 3.77. The van der Waals surface area contributed by atoms with Gasteiger partial charge in [0.25, 0.3) is 0 Å². The number of hydrogen-bond acceptors (Lipinski definition) is 3. The fourth-order valence-corrected chi connectivity index (χ4v) is 2.07. The predicted molar refractivity (Wildman–Crippen MR) is 65.5 cm³/mol. The third-order valence-corrected chi connectivity index (χ3v) is 2.84. The standard InChI is InChI=1S/C11H17N3.ClH/c12-9-10-5-2-4-8-14(10)11-6-1-3-7-13-11;/h1,3,6-7,10H,2,4-5,8-9,12H2;1H. The molecule has 15 heavy (non-hydrogen) atoms. The fourth-order valence-electron chi connectivity index (χ4n) is 2.07. The first-order valence-electron chi connectivity index (χ1n) is 5.29. The van der Waals surface area contributed by atoms with Crippen LogP contribution in [0, 0.1) is 0 Å². The Kier molecular flexibility index (Phi) is 4.85. The topological polar surface area (TPSA) is 42.1 Å². The molecule has 84 valence electrons. The van der Waals surface area contributed by atoms with Gasteiger partial charge >= 0.3 is 0 Å². The van der Waals surface area contributed by atoms with Gasteiger partial charge in [-0.1, -0.05) is 6.07 Å². The number of nitrogens with zero attached hydrogens (tertiary/aromatic N) is 2. The zero-order chi connectivity index (χ0) is 9.80. The van der Waals surface area contributed by atoms with Crippen molar-refractivity contribution in [3.63, 3.8) is 0 Å². The van der Waals surface area contributed by atoms with E-state index in [2.05, 4.69) is 16.0 Å². The molecule has 1 fully saturated rings. The molecule has 1 saturated heterocycles. The van der Waals surface area contributed by atoms with Crippen molar-refractivity contribution in [3.05, 3.63) is 24.4 Å². The van der Waals surface area contributed by atoms with Gasteiger partial charge in [0.2, 0.25) is 0 Å². The highest BCUT2D eigenvalue weighted by Gasteiger charge is 2.21. The lowest BCUT2D eigenvalue weighted by atomic mass is 10.0. The molecule has 1 unspecified atom stereocenters. The molecule has 2 rings (SSSR count). The number of rotatable bonds is 2. The van der Waals surface area contributed by atoms with E-state index < -0.39 is 0 Å². The van der Waals surface area contributed by atoms with Gasteiger partial charge in [-0.25, -0.2) is 4.98 Å². The van der Waals surface area contributed by atoms with Gasteiger partial charge in [0.1, 0.15) is 5.82 Å². The average Bonchev–Trinajstić information content (AvgIpc) is 2.30. The summed E-state index contributed by atoms with van der Waals surface area (Å²) < 4.78 is 0. The summed E-state index contributed by atoms with van der Waals surface area (Å²) in [5.74, 6) is 1.07. The third kappa shape index (κ3) is 2.83. The Morgan fingerprint density at radius 2 is 2.27 bits per heavy atom. The smallest absolute Gasteiger partial charge is 0.128 e. The summed E-state index contributed by atoms with van der Waals surface area (Å²) in [6.45, 7) is 1.83. The Labute approximate surface area is 97.1 Å². The van der Waals surface area contributed by atoms with Crippen LogP contribution in [-0.4, -0.2) is 24.1 Å². The van der Waals surface area contributed by atoms with Gasteiger partial charge in [0, 0.05) is 25.3 Å². The normalized spacial score (nSPS) is 20.9. The molecule has 2 heterocycles. The minimum Gasteiger partial charge on any atom is -0.352 e. The summed E-state index contributed by atoms with van der Waals surface area (Å²) in [6.07, 6.45) is 5.60. The van der Waals surface area contributed by atoms with Gasteiger partial charge in [-0.15, -0.1) is 12.4 Å². The van der Waals surface area contributed by atoms with Crippen LogP contribution in [0.4, 0.5) is 5.82 Å². The fraction of sp³-hybridized carbons (Fsp3) is 0.545. The molecule has 2 N–H and O–H groups in total. The highest BCUT2D eigenvalue weighted by Crippen LogP contribution is 2.21. The molecule has 1 aromatic rings.